The van der Waals surface area contributed by atoms with Crippen LogP contribution in [0.2, 0.25) is 0 Å². The molecule has 3 heterocycles. The van der Waals surface area contributed by atoms with Crippen LogP contribution in [0.4, 0.5) is 0 Å². The summed E-state index contributed by atoms with van der Waals surface area (Å²) in [5.41, 5.74) is 3.34. The van der Waals surface area contributed by atoms with Crippen molar-refractivity contribution < 1.29 is 38.1 Å². The molecule has 1 fully saturated rings. The second-order valence-electron chi connectivity index (χ2n) is 17.4. The van der Waals surface area contributed by atoms with Crippen LogP contribution in [0, 0.1) is 29.1 Å². The van der Waals surface area contributed by atoms with Crippen molar-refractivity contribution in [2.45, 2.75) is 157 Å². The summed E-state index contributed by atoms with van der Waals surface area (Å²) in [6, 6.07) is 0. The summed E-state index contributed by atoms with van der Waals surface area (Å²) in [6.07, 6.45) is 11.1. The monoisotopic (exact) mass is 718 g/mol. The van der Waals surface area contributed by atoms with Gasteiger partial charge in [0, 0.05) is 30.6 Å². The predicted octanol–water partition coefficient (Wildman–Crippen LogP) is 8.69. The van der Waals surface area contributed by atoms with E-state index in [4.69, 9.17) is 18.9 Å². The molecule has 2 aliphatic carbocycles. The molecule has 0 N–H and O–H groups in total. The van der Waals surface area contributed by atoms with E-state index >= 15 is 0 Å². The van der Waals surface area contributed by atoms with Crippen molar-refractivity contribution in [1.29, 1.82) is 0 Å². The Morgan fingerprint density at radius 1 is 0.923 bits per heavy atom. The van der Waals surface area contributed by atoms with E-state index in [0.717, 1.165) is 28.7 Å². The van der Waals surface area contributed by atoms with E-state index in [1.165, 1.54) is 12.7 Å². The third-order valence-electron chi connectivity index (χ3n) is 12.7. The zero-order valence-corrected chi connectivity index (χ0v) is 33.5. The zero-order valence-electron chi connectivity index (χ0n) is 33.5. The molecule has 0 amide bonds. The van der Waals surface area contributed by atoms with Gasteiger partial charge < -0.3 is 18.9 Å². The highest BCUT2D eigenvalue weighted by atomic mass is 16.8. The van der Waals surface area contributed by atoms with Crippen molar-refractivity contribution in [2.75, 3.05) is 7.11 Å². The van der Waals surface area contributed by atoms with E-state index < -0.39 is 46.6 Å². The van der Waals surface area contributed by atoms with Gasteiger partial charge in [-0.1, -0.05) is 54.4 Å². The van der Waals surface area contributed by atoms with Crippen LogP contribution in [0.1, 0.15) is 127 Å². The first-order valence-corrected chi connectivity index (χ1v) is 19.4. The first-order valence-electron chi connectivity index (χ1n) is 19.4. The summed E-state index contributed by atoms with van der Waals surface area (Å²) >= 11 is 0. The van der Waals surface area contributed by atoms with Gasteiger partial charge in [-0.3, -0.25) is 19.2 Å². The highest BCUT2D eigenvalue weighted by Crippen LogP contribution is 2.57. The lowest BCUT2D eigenvalue weighted by atomic mass is 9.53. The molecule has 0 unspecified atom stereocenters. The van der Waals surface area contributed by atoms with Gasteiger partial charge in [0.25, 0.3) is 0 Å². The van der Waals surface area contributed by atoms with Crippen LogP contribution in [0.5, 0.6) is 0 Å². The third kappa shape index (κ3) is 7.81. The number of methoxy groups -OCH3 is 1. The number of ketones is 3. The van der Waals surface area contributed by atoms with Gasteiger partial charge in [-0.05, 0) is 123 Å². The molecular formula is C44H62O8. The number of allylic oxidation sites excluding steroid dienone is 7. The minimum atomic E-state index is -1.54. The SMILES string of the molecule is COC(=O)[C@]12CC(=O)[C@H](C(C)C)CC(=O)/C(C)=C/CC/C(C)=C/C(=O)[C@H]1CC(C)=C1C[C@@H]3OC(C)(C)O[C@]3(C)[C@H]3CC=C(C)[C@H](CC/C(C)=C/[C@@H]12)O3. The van der Waals surface area contributed by atoms with Gasteiger partial charge in [0.05, 0.1) is 30.8 Å². The highest BCUT2D eigenvalue weighted by Gasteiger charge is 2.61. The fourth-order valence-corrected chi connectivity index (χ4v) is 9.60. The molecule has 5 rings (SSSR count). The molecular weight excluding hydrogens is 656 g/mol. The Bertz CT molecular complexity index is 1620. The predicted molar refractivity (Wildman–Crippen MR) is 201 cm³/mol. The minimum Gasteiger partial charge on any atom is -0.469 e. The fraction of sp³-hybridized carbons (Fsp3) is 0.682. The van der Waals surface area contributed by atoms with Crippen molar-refractivity contribution in [3.8, 4) is 0 Å². The number of carbonyl (C=O) groups excluding carboxylic acids is 4. The Balaban J connectivity index is 1.77. The van der Waals surface area contributed by atoms with Crippen molar-refractivity contribution in [2.24, 2.45) is 29.1 Å². The lowest BCUT2D eigenvalue weighted by Crippen LogP contribution is -2.55. The fourth-order valence-electron chi connectivity index (χ4n) is 9.60. The molecule has 286 valence electrons. The molecule has 3 aliphatic heterocycles. The molecule has 8 heteroatoms. The van der Waals surface area contributed by atoms with E-state index in [9.17, 15) is 19.2 Å². The standard InChI is InChI=1S/C44H62O8/c1-25(2)31-22-35(45)28(5)14-12-13-26(3)20-36(46)34-21-30(7)32-23-40-43(10,52-42(8,9)51-40)39-18-16-29(6)38(50-39)17-15-27(4)19-33(32)44(34,24-37(31)47)41(48)49-11/h14,16,19-20,25,31,33-34,38-40H,12-13,15,17-18,21-24H2,1-11H3/b26-20+,27-19+,28-14+/t31-,33-,34+,38-,39+,40-,43+,44-/m0/s1. The van der Waals surface area contributed by atoms with Crippen LogP contribution < -0.4 is 0 Å². The van der Waals surface area contributed by atoms with Crippen LogP contribution in [0.3, 0.4) is 0 Å². The Morgan fingerprint density at radius 2 is 1.63 bits per heavy atom. The maximum Gasteiger partial charge on any atom is 0.313 e. The summed E-state index contributed by atoms with van der Waals surface area (Å²) in [5, 5.41) is 0. The maximum atomic E-state index is 14.8. The van der Waals surface area contributed by atoms with E-state index in [0.29, 0.717) is 44.1 Å². The second kappa shape index (κ2) is 15.4. The molecule has 5 aliphatic rings. The Morgan fingerprint density at radius 3 is 2.31 bits per heavy atom. The van der Waals surface area contributed by atoms with Gasteiger partial charge in [0.2, 0.25) is 0 Å². The number of fused-ring (bicyclic) bond motifs is 7. The van der Waals surface area contributed by atoms with E-state index in [1.54, 1.807) is 13.0 Å². The summed E-state index contributed by atoms with van der Waals surface area (Å²) in [6.45, 7) is 19.8. The van der Waals surface area contributed by atoms with Crippen LogP contribution >= 0.6 is 0 Å². The molecule has 52 heavy (non-hydrogen) atoms. The number of esters is 1. The van der Waals surface area contributed by atoms with E-state index in [-0.39, 0.29) is 48.3 Å². The van der Waals surface area contributed by atoms with Crippen LogP contribution in [0.25, 0.3) is 0 Å². The number of hydrogen-bond acceptors (Lipinski definition) is 8. The molecule has 2 bridgehead atoms. The summed E-state index contributed by atoms with van der Waals surface area (Å²) in [7, 11) is 1.35. The van der Waals surface area contributed by atoms with Gasteiger partial charge in [-0.15, -0.1) is 0 Å². The lowest BCUT2D eigenvalue weighted by molar-refractivity contribution is -0.194. The minimum absolute atomic E-state index is 0.0567. The Labute approximate surface area is 311 Å². The smallest absolute Gasteiger partial charge is 0.313 e. The molecule has 1 saturated heterocycles. The summed E-state index contributed by atoms with van der Waals surface area (Å²) in [4.78, 5) is 57.8. The van der Waals surface area contributed by atoms with Crippen molar-refractivity contribution in [1.82, 2.24) is 0 Å². The van der Waals surface area contributed by atoms with Crippen LogP contribution in [0.15, 0.2) is 57.7 Å². The maximum absolute atomic E-state index is 14.8. The second-order valence-corrected chi connectivity index (χ2v) is 17.4. The van der Waals surface area contributed by atoms with Gasteiger partial charge in [-0.25, -0.2) is 0 Å². The van der Waals surface area contributed by atoms with Crippen molar-refractivity contribution >= 4 is 23.3 Å². The van der Waals surface area contributed by atoms with Crippen LogP contribution in [-0.4, -0.2) is 60.1 Å². The first-order chi connectivity index (χ1) is 24.3. The van der Waals surface area contributed by atoms with Crippen LogP contribution in [-0.2, 0) is 38.1 Å². The third-order valence-corrected chi connectivity index (χ3v) is 12.7. The van der Waals surface area contributed by atoms with Gasteiger partial charge in [0.1, 0.15) is 11.4 Å². The summed E-state index contributed by atoms with van der Waals surface area (Å²) in [5.74, 6) is -4.13. The zero-order chi connectivity index (χ0) is 38.3. The normalized spacial score (nSPS) is 39.5. The van der Waals surface area contributed by atoms with E-state index in [1.807, 2.05) is 40.7 Å². The lowest BCUT2D eigenvalue weighted by Gasteiger charge is -2.49. The van der Waals surface area contributed by atoms with Gasteiger partial charge in [-0.2, -0.15) is 0 Å². The highest BCUT2D eigenvalue weighted by molar-refractivity contribution is 6.02. The molecule has 0 spiro atoms. The van der Waals surface area contributed by atoms with E-state index in [2.05, 4.69) is 39.8 Å². The number of hydrogen-bond donors (Lipinski definition) is 0. The Kier molecular flexibility index (Phi) is 11.9. The molecule has 0 radical (unpaired) electrons. The molecule has 0 aromatic heterocycles. The summed E-state index contributed by atoms with van der Waals surface area (Å²) < 4.78 is 26.0. The molecule has 0 aromatic rings. The largest absolute Gasteiger partial charge is 0.469 e. The topological polar surface area (TPSA) is 105 Å². The number of Topliss-reactive ketones (excluding diaryl/α,β-unsaturated/α-hetero) is 2. The molecule has 8 nitrogen and oxygen atoms in total. The van der Waals surface area contributed by atoms with Gasteiger partial charge in [0.15, 0.2) is 17.4 Å². The first kappa shape index (κ1) is 40.2. The van der Waals surface area contributed by atoms with Crippen molar-refractivity contribution in [3.05, 3.63) is 57.7 Å². The Hall–Kier alpha value is -2.94. The number of ether oxygens (including phenoxy) is 4. The van der Waals surface area contributed by atoms with Gasteiger partial charge >= 0.3 is 5.97 Å². The molecule has 0 aromatic carbocycles. The molecule has 0 saturated carbocycles. The quantitative estimate of drug-likeness (QED) is 0.206. The average Bonchev–Trinajstić information content (AvgIpc) is 3.31. The average molecular weight is 719 g/mol. The number of carbonyl (C=O) groups is 4. The number of rotatable bonds is 2. The van der Waals surface area contributed by atoms with Crippen molar-refractivity contribution in [3.63, 3.8) is 0 Å². The molecule has 8 atom stereocenters.